The molecule has 0 radical (unpaired) electrons. The average molecular weight is 625 g/mol. The van der Waals surface area contributed by atoms with Crippen LogP contribution in [0.15, 0.2) is 125 Å². The molecule has 43 heavy (non-hydrogen) atoms. The number of rotatable bonds is 10. The van der Waals surface area contributed by atoms with Gasteiger partial charge in [0.1, 0.15) is 5.70 Å². The summed E-state index contributed by atoms with van der Waals surface area (Å²) >= 11 is 8.82. The highest BCUT2D eigenvalue weighted by molar-refractivity contribution is 8.00. The van der Waals surface area contributed by atoms with Gasteiger partial charge in [-0.05, 0) is 54.1 Å². The van der Waals surface area contributed by atoms with Crippen molar-refractivity contribution < 1.29 is 14.4 Å². The molecule has 5 rings (SSSR count). The standard InChI is InChI=1S/C33H25ClN4O3S2/c34-25-14-7-9-22(17-25)18-28(36-31(40)24-12-5-2-6-13-24)32(41)35-26-15-8-16-27(19-26)42-21-30(39)38-33-37-29(20-43-33)23-10-3-1-4-11-23/h1-20H,21H2,(H,35,41)(H,36,40)(H,37,38,39)/b28-18-. The van der Waals surface area contributed by atoms with Gasteiger partial charge in [0, 0.05) is 32.1 Å². The first-order valence-corrected chi connectivity index (χ1v) is 15.4. The van der Waals surface area contributed by atoms with Crippen LogP contribution in [0.3, 0.4) is 0 Å². The molecule has 214 valence electrons. The van der Waals surface area contributed by atoms with Gasteiger partial charge in [0.2, 0.25) is 5.91 Å². The largest absolute Gasteiger partial charge is 0.321 e. The predicted octanol–water partition coefficient (Wildman–Crippen LogP) is 7.60. The normalized spacial score (nSPS) is 11.0. The Morgan fingerprint density at radius 3 is 2.35 bits per heavy atom. The predicted molar refractivity (Wildman–Crippen MR) is 175 cm³/mol. The third kappa shape index (κ3) is 8.65. The van der Waals surface area contributed by atoms with E-state index in [0.717, 1.165) is 16.2 Å². The van der Waals surface area contributed by atoms with Crippen molar-refractivity contribution in [1.29, 1.82) is 0 Å². The van der Waals surface area contributed by atoms with Gasteiger partial charge < -0.3 is 16.0 Å². The van der Waals surface area contributed by atoms with E-state index >= 15 is 0 Å². The van der Waals surface area contributed by atoms with Crippen LogP contribution >= 0.6 is 34.7 Å². The molecule has 0 unspecified atom stereocenters. The van der Waals surface area contributed by atoms with Gasteiger partial charge in [0.05, 0.1) is 11.4 Å². The first kappa shape index (κ1) is 29.8. The maximum atomic E-state index is 13.4. The number of amides is 3. The zero-order valence-electron chi connectivity index (χ0n) is 22.6. The van der Waals surface area contributed by atoms with Crippen LogP contribution in [0, 0.1) is 0 Å². The van der Waals surface area contributed by atoms with Gasteiger partial charge >= 0.3 is 0 Å². The van der Waals surface area contributed by atoms with E-state index in [9.17, 15) is 14.4 Å². The van der Waals surface area contributed by atoms with Crippen molar-refractivity contribution in [2.75, 3.05) is 16.4 Å². The quantitative estimate of drug-likeness (QED) is 0.110. The smallest absolute Gasteiger partial charge is 0.272 e. The Labute approximate surface area is 262 Å². The number of thiazole rings is 1. The van der Waals surface area contributed by atoms with Gasteiger partial charge in [0.25, 0.3) is 11.8 Å². The molecule has 4 aromatic carbocycles. The van der Waals surface area contributed by atoms with Gasteiger partial charge in [-0.3, -0.25) is 14.4 Å². The SMILES string of the molecule is O=C(CSc1cccc(NC(=O)/C(=C/c2cccc(Cl)c2)NC(=O)c2ccccc2)c1)Nc1nc(-c2ccccc2)cs1. The Morgan fingerprint density at radius 2 is 1.58 bits per heavy atom. The fourth-order valence-corrected chi connectivity index (χ4v) is 5.63. The second-order valence-electron chi connectivity index (χ2n) is 9.16. The number of nitrogens with one attached hydrogen (secondary N) is 3. The van der Waals surface area contributed by atoms with Crippen molar-refractivity contribution in [3.8, 4) is 11.3 Å². The van der Waals surface area contributed by atoms with Crippen LogP contribution in [-0.2, 0) is 9.59 Å². The lowest BCUT2D eigenvalue weighted by molar-refractivity contribution is -0.114. The average Bonchev–Trinajstić information content (AvgIpc) is 3.49. The van der Waals surface area contributed by atoms with Gasteiger partial charge in [-0.1, -0.05) is 78.3 Å². The number of aromatic nitrogens is 1. The van der Waals surface area contributed by atoms with Gasteiger partial charge in [-0.2, -0.15) is 0 Å². The Hall–Kier alpha value is -4.70. The Morgan fingerprint density at radius 1 is 0.837 bits per heavy atom. The number of carbonyl (C=O) groups is 3. The Kier molecular flexibility index (Phi) is 10.0. The van der Waals surface area contributed by atoms with Gasteiger partial charge in [0.15, 0.2) is 5.13 Å². The van der Waals surface area contributed by atoms with E-state index in [2.05, 4.69) is 20.9 Å². The molecular weight excluding hydrogens is 600 g/mol. The molecule has 0 atom stereocenters. The fraction of sp³-hybridized carbons (Fsp3) is 0.0303. The van der Waals surface area contributed by atoms with Crippen molar-refractivity contribution in [1.82, 2.24) is 10.3 Å². The number of hydrogen-bond acceptors (Lipinski definition) is 6. The lowest BCUT2D eigenvalue weighted by Crippen LogP contribution is -2.30. The van der Waals surface area contributed by atoms with Crippen molar-refractivity contribution >= 4 is 69.3 Å². The lowest BCUT2D eigenvalue weighted by Gasteiger charge is -2.12. The lowest BCUT2D eigenvalue weighted by atomic mass is 10.1. The highest BCUT2D eigenvalue weighted by atomic mass is 35.5. The molecule has 10 heteroatoms. The highest BCUT2D eigenvalue weighted by Gasteiger charge is 2.16. The van der Waals surface area contributed by atoms with E-state index in [1.165, 1.54) is 23.1 Å². The molecule has 0 aliphatic carbocycles. The zero-order chi connectivity index (χ0) is 30.0. The summed E-state index contributed by atoms with van der Waals surface area (Å²) in [5.41, 5.74) is 3.41. The minimum absolute atomic E-state index is 0.0480. The molecule has 0 fully saturated rings. The first-order chi connectivity index (χ1) is 20.9. The molecule has 0 saturated carbocycles. The van der Waals surface area contributed by atoms with Crippen LogP contribution in [0.2, 0.25) is 5.02 Å². The number of hydrogen-bond donors (Lipinski definition) is 3. The molecule has 5 aromatic rings. The summed E-state index contributed by atoms with van der Waals surface area (Å²) in [6.45, 7) is 0. The summed E-state index contributed by atoms with van der Waals surface area (Å²) in [5, 5.41) is 11.3. The van der Waals surface area contributed by atoms with Crippen LogP contribution in [0.1, 0.15) is 15.9 Å². The summed E-state index contributed by atoms with van der Waals surface area (Å²) < 4.78 is 0. The molecule has 0 bridgehead atoms. The van der Waals surface area contributed by atoms with Gasteiger partial charge in [-0.15, -0.1) is 23.1 Å². The molecule has 0 aliphatic heterocycles. The molecule has 1 aromatic heterocycles. The molecular formula is C33H25ClN4O3S2. The fourth-order valence-electron chi connectivity index (χ4n) is 3.94. The summed E-state index contributed by atoms with van der Waals surface area (Å²) in [7, 11) is 0. The Bertz CT molecular complexity index is 1780. The number of carbonyl (C=O) groups excluding carboxylic acids is 3. The maximum absolute atomic E-state index is 13.4. The molecule has 0 spiro atoms. The van der Waals surface area contributed by atoms with Crippen LogP contribution < -0.4 is 16.0 Å². The monoisotopic (exact) mass is 624 g/mol. The molecule has 0 saturated heterocycles. The number of nitrogens with zero attached hydrogens (tertiary/aromatic N) is 1. The maximum Gasteiger partial charge on any atom is 0.272 e. The van der Waals surface area contributed by atoms with Crippen molar-refractivity contribution in [2.45, 2.75) is 4.90 Å². The van der Waals surface area contributed by atoms with Crippen LogP contribution in [-0.4, -0.2) is 28.5 Å². The summed E-state index contributed by atoms with van der Waals surface area (Å²) in [5.74, 6) is -0.966. The van der Waals surface area contributed by atoms with E-state index in [1.807, 2.05) is 47.8 Å². The summed E-state index contributed by atoms with van der Waals surface area (Å²) in [4.78, 5) is 44.1. The third-order valence-corrected chi connectivity index (χ3v) is 7.96. The second-order valence-corrected chi connectivity index (χ2v) is 11.5. The van der Waals surface area contributed by atoms with E-state index in [-0.39, 0.29) is 17.4 Å². The Balaban J connectivity index is 1.23. The van der Waals surface area contributed by atoms with Crippen molar-refractivity contribution in [3.05, 3.63) is 136 Å². The number of benzene rings is 4. The molecule has 3 amide bonds. The third-order valence-electron chi connectivity index (χ3n) is 5.97. The summed E-state index contributed by atoms with van der Waals surface area (Å²) in [6.07, 6.45) is 1.56. The number of halogens is 1. The topological polar surface area (TPSA) is 100 Å². The molecule has 1 heterocycles. The van der Waals surface area contributed by atoms with Crippen molar-refractivity contribution in [2.24, 2.45) is 0 Å². The van der Waals surface area contributed by atoms with Crippen LogP contribution in [0.5, 0.6) is 0 Å². The van der Waals surface area contributed by atoms with E-state index in [1.54, 1.807) is 72.8 Å². The minimum Gasteiger partial charge on any atom is -0.321 e. The molecule has 3 N–H and O–H groups in total. The van der Waals surface area contributed by atoms with Crippen LogP contribution in [0.4, 0.5) is 10.8 Å². The molecule has 7 nitrogen and oxygen atoms in total. The second kappa shape index (κ2) is 14.5. The van der Waals surface area contributed by atoms with Crippen LogP contribution in [0.25, 0.3) is 17.3 Å². The number of anilines is 2. The number of thioether (sulfide) groups is 1. The molecule has 0 aliphatic rings. The first-order valence-electron chi connectivity index (χ1n) is 13.1. The zero-order valence-corrected chi connectivity index (χ0v) is 25.0. The van der Waals surface area contributed by atoms with E-state index in [4.69, 9.17) is 11.6 Å². The minimum atomic E-state index is -0.512. The van der Waals surface area contributed by atoms with E-state index in [0.29, 0.717) is 27.0 Å². The van der Waals surface area contributed by atoms with Crippen molar-refractivity contribution in [3.63, 3.8) is 0 Å². The van der Waals surface area contributed by atoms with E-state index < -0.39 is 11.8 Å². The van der Waals surface area contributed by atoms with Gasteiger partial charge in [-0.25, -0.2) is 4.98 Å². The highest BCUT2D eigenvalue weighted by Crippen LogP contribution is 2.26. The summed E-state index contributed by atoms with van der Waals surface area (Å²) in [6, 6.07) is 32.5.